The maximum absolute atomic E-state index is 12.2. The molecule has 1 aromatic rings. The van der Waals surface area contributed by atoms with Crippen LogP contribution in [0.3, 0.4) is 0 Å². The van der Waals surface area contributed by atoms with Crippen molar-refractivity contribution in [2.24, 2.45) is 5.73 Å². The van der Waals surface area contributed by atoms with E-state index in [0.29, 0.717) is 19.5 Å². The number of alkyl halides is 2. The summed E-state index contributed by atoms with van der Waals surface area (Å²) in [5.41, 5.74) is 8.16. The number of nitrogens with one attached hydrogen (secondary N) is 1. The molecule has 2 rings (SSSR count). The fourth-order valence-electron chi connectivity index (χ4n) is 3.44. The van der Waals surface area contributed by atoms with Gasteiger partial charge in [-0.1, -0.05) is 6.07 Å². The molecule has 0 aromatic carbocycles. The fraction of sp³-hybridized carbons (Fsp3) is 0.714. The number of rotatable bonds is 14. The number of hydrogen-bond donors (Lipinski definition) is 2. The second-order valence-electron chi connectivity index (χ2n) is 7.52. The smallest absolute Gasteiger partial charge is 0.322 e. The number of nitrogens with zero attached hydrogens (tertiary/aromatic N) is 2. The minimum absolute atomic E-state index is 0.218. The Morgan fingerprint density at radius 3 is 2.90 bits per heavy atom. The number of fused-ring (bicyclic) bond motifs is 1. The first-order valence-corrected chi connectivity index (χ1v) is 10.6. The van der Waals surface area contributed by atoms with Crippen molar-refractivity contribution in [3.8, 4) is 0 Å². The highest BCUT2D eigenvalue weighted by Crippen LogP contribution is 2.20. The lowest BCUT2D eigenvalue weighted by molar-refractivity contribution is -0.142. The van der Waals surface area contributed by atoms with Gasteiger partial charge in [0.15, 0.2) is 0 Å². The van der Waals surface area contributed by atoms with E-state index in [2.05, 4.69) is 27.1 Å². The van der Waals surface area contributed by atoms with Crippen LogP contribution in [0.25, 0.3) is 0 Å². The molecule has 7 nitrogen and oxygen atoms in total. The van der Waals surface area contributed by atoms with Crippen LogP contribution in [0.1, 0.15) is 36.9 Å². The Morgan fingerprint density at radius 2 is 2.13 bits per heavy atom. The molecule has 0 unspecified atom stereocenters. The molecule has 0 fully saturated rings. The third-order valence-corrected chi connectivity index (χ3v) is 5.17. The Balaban J connectivity index is 1.75. The van der Waals surface area contributed by atoms with Crippen molar-refractivity contribution in [1.82, 2.24) is 9.88 Å². The van der Waals surface area contributed by atoms with Gasteiger partial charge in [0.1, 0.15) is 18.5 Å². The van der Waals surface area contributed by atoms with Gasteiger partial charge < -0.3 is 25.4 Å². The molecule has 0 spiro atoms. The molecule has 0 bridgehead atoms. The summed E-state index contributed by atoms with van der Waals surface area (Å²) in [7, 11) is 1.31. The number of nitrogens with two attached hydrogens (primary N) is 1. The van der Waals surface area contributed by atoms with Gasteiger partial charge in [0.25, 0.3) is 6.43 Å². The largest absolute Gasteiger partial charge is 0.468 e. The summed E-state index contributed by atoms with van der Waals surface area (Å²) in [6.45, 7) is 2.50. The highest BCUT2D eigenvalue weighted by Gasteiger charge is 2.16. The number of aromatic nitrogens is 1. The Morgan fingerprint density at radius 1 is 1.30 bits per heavy atom. The first-order valence-electron chi connectivity index (χ1n) is 10.6. The van der Waals surface area contributed by atoms with Crippen LogP contribution < -0.4 is 11.1 Å². The average molecular weight is 429 g/mol. The number of anilines is 1. The molecule has 0 aliphatic carbocycles. The van der Waals surface area contributed by atoms with Crippen molar-refractivity contribution >= 4 is 11.8 Å². The van der Waals surface area contributed by atoms with Crippen LogP contribution >= 0.6 is 0 Å². The minimum Gasteiger partial charge on any atom is -0.468 e. The van der Waals surface area contributed by atoms with Gasteiger partial charge in [-0.3, -0.25) is 4.79 Å². The summed E-state index contributed by atoms with van der Waals surface area (Å²) >= 11 is 0. The van der Waals surface area contributed by atoms with E-state index in [1.807, 2.05) is 0 Å². The number of unbranched alkanes of at least 4 members (excludes halogenated alkanes) is 1. The lowest BCUT2D eigenvalue weighted by atomic mass is 10.1. The van der Waals surface area contributed by atoms with E-state index in [4.69, 9.17) is 15.5 Å². The van der Waals surface area contributed by atoms with E-state index in [9.17, 15) is 13.6 Å². The van der Waals surface area contributed by atoms with Gasteiger partial charge in [-0.25, -0.2) is 13.8 Å². The molecule has 0 radical (unpaired) electrons. The van der Waals surface area contributed by atoms with E-state index in [1.54, 1.807) is 0 Å². The van der Waals surface area contributed by atoms with Crippen LogP contribution in [-0.4, -0.2) is 74.8 Å². The van der Waals surface area contributed by atoms with Crippen LogP contribution in [0.15, 0.2) is 12.1 Å². The maximum Gasteiger partial charge on any atom is 0.322 e. The molecule has 170 valence electrons. The first kappa shape index (κ1) is 24.4. The summed E-state index contributed by atoms with van der Waals surface area (Å²) in [5.74, 6) is 0.560. The van der Waals surface area contributed by atoms with Crippen LogP contribution in [0.5, 0.6) is 0 Å². The Kier molecular flexibility index (Phi) is 11.0. The van der Waals surface area contributed by atoms with Gasteiger partial charge >= 0.3 is 5.97 Å². The highest BCUT2D eigenvalue weighted by molar-refractivity contribution is 5.75. The van der Waals surface area contributed by atoms with Gasteiger partial charge in [-0.05, 0) is 56.7 Å². The number of carbonyl (C=O) groups is 1. The molecule has 0 saturated heterocycles. The molecule has 9 heteroatoms. The van der Waals surface area contributed by atoms with Gasteiger partial charge in [0.05, 0.1) is 13.7 Å². The third-order valence-electron chi connectivity index (χ3n) is 5.17. The molecule has 3 N–H and O–H groups in total. The fourth-order valence-corrected chi connectivity index (χ4v) is 3.44. The summed E-state index contributed by atoms with van der Waals surface area (Å²) in [5, 5.41) is 3.35. The third kappa shape index (κ3) is 8.89. The second-order valence-corrected chi connectivity index (χ2v) is 7.52. The lowest BCUT2D eigenvalue weighted by Gasteiger charge is -2.23. The molecule has 30 heavy (non-hydrogen) atoms. The number of halogens is 2. The molecule has 2 heterocycles. The maximum atomic E-state index is 12.2. The SMILES string of the molecule is COC(=O)[C@@H](N)CCN(CCCCc1ccc2c(n1)NCCC2)CCOCC(F)F. The predicted molar refractivity (Wildman–Crippen MR) is 112 cm³/mol. The van der Waals surface area contributed by atoms with Crippen molar-refractivity contribution in [2.75, 3.05) is 51.8 Å². The van der Waals surface area contributed by atoms with Crippen molar-refractivity contribution in [2.45, 2.75) is 51.0 Å². The van der Waals surface area contributed by atoms with Gasteiger partial charge in [0.2, 0.25) is 0 Å². The van der Waals surface area contributed by atoms with Crippen molar-refractivity contribution in [3.05, 3.63) is 23.4 Å². The number of hydrogen-bond acceptors (Lipinski definition) is 7. The molecule has 0 amide bonds. The summed E-state index contributed by atoms with van der Waals surface area (Å²) in [4.78, 5) is 18.3. The normalized spacial score (nSPS) is 14.5. The number of pyridine rings is 1. The summed E-state index contributed by atoms with van der Waals surface area (Å²) in [6, 6.07) is 3.56. The molecule has 1 aliphatic heterocycles. The zero-order valence-corrected chi connectivity index (χ0v) is 17.7. The predicted octanol–water partition coefficient (Wildman–Crippen LogP) is 2.24. The molecular weight excluding hydrogens is 394 g/mol. The quantitative estimate of drug-likeness (QED) is 0.347. The standard InChI is InChI=1S/C21H34F2N4O3/c1-29-21(28)18(24)9-12-27(13-14-30-15-19(22)23)11-3-2-6-17-8-7-16-5-4-10-25-20(16)26-17/h7-8,18-19H,2-6,9-15,24H2,1H3,(H,25,26)/t18-/m0/s1. The molecule has 1 aliphatic rings. The first-order chi connectivity index (χ1) is 14.5. The topological polar surface area (TPSA) is 89.7 Å². The van der Waals surface area contributed by atoms with E-state index in [-0.39, 0.29) is 6.61 Å². The van der Waals surface area contributed by atoms with Crippen LogP contribution in [-0.2, 0) is 27.1 Å². The zero-order valence-electron chi connectivity index (χ0n) is 17.7. The van der Waals surface area contributed by atoms with Crippen molar-refractivity contribution in [1.29, 1.82) is 0 Å². The monoisotopic (exact) mass is 428 g/mol. The number of methoxy groups -OCH3 is 1. The van der Waals surface area contributed by atoms with Crippen LogP contribution in [0.4, 0.5) is 14.6 Å². The molecular formula is C21H34F2N4O3. The van der Waals surface area contributed by atoms with Gasteiger partial charge in [-0.2, -0.15) is 0 Å². The van der Waals surface area contributed by atoms with E-state index in [1.165, 1.54) is 12.7 Å². The highest BCUT2D eigenvalue weighted by atomic mass is 19.3. The minimum atomic E-state index is -2.47. The second kappa shape index (κ2) is 13.5. The molecule has 1 atom stereocenters. The van der Waals surface area contributed by atoms with E-state index < -0.39 is 25.0 Å². The average Bonchev–Trinajstić information content (AvgIpc) is 2.76. The van der Waals surface area contributed by atoms with Crippen molar-refractivity contribution in [3.63, 3.8) is 0 Å². The summed E-state index contributed by atoms with van der Waals surface area (Å²) < 4.78 is 34.1. The van der Waals surface area contributed by atoms with Gasteiger partial charge in [-0.15, -0.1) is 0 Å². The number of ether oxygens (including phenoxy) is 2. The number of aryl methyl sites for hydroxylation is 2. The lowest BCUT2D eigenvalue weighted by Crippen LogP contribution is -2.38. The van der Waals surface area contributed by atoms with E-state index >= 15 is 0 Å². The summed E-state index contributed by atoms with van der Waals surface area (Å²) in [6.07, 6.45) is 2.96. The molecule has 0 saturated carbocycles. The Bertz CT molecular complexity index is 649. The number of esters is 1. The zero-order chi connectivity index (χ0) is 21.8. The van der Waals surface area contributed by atoms with Gasteiger partial charge in [0, 0.05) is 25.3 Å². The van der Waals surface area contributed by atoms with Crippen LogP contribution in [0, 0.1) is 0 Å². The Hall–Kier alpha value is -1.84. The van der Waals surface area contributed by atoms with Crippen molar-refractivity contribution < 1.29 is 23.0 Å². The Labute approximate surface area is 177 Å². The van der Waals surface area contributed by atoms with Crippen LogP contribution in [0.2, 0.25) is 0 Å². The molecule has 1 aromatic heterocycles. The van der Waals surface area contributed by atoms with E-state index in [0.717, 1.165) is 56.7 Å². The number of carbonyl (C=O) groups excluding carboxylic acids is 1.